The Bertz CT molecular complexity index is 185. The Labute approximate surface area is 92.4 Å². The third-order valence-electron chi connectivity index (χ3n) is 2.82. The molecule has 0 saturated heterocycles. The van der Waals surface area contributed by atoms with Crippen molar-refractivity contribution in [3.05, 3.63) is 0 Å². The molecule has 4 heteroatoms. The lowest BCUT2D eigenvalue weighted by Gasteiger charge is -2.26. The largest absolute Gasteiger partial charge is 0.396 e. The molecule has 0 radical (unpaired) electrons. The van der Waals surface area contributed by atoms with E-state index in [-0.39, 0.29) is 18.4 Å². The molecule has 0 aliphatic carbocycles. The Kier molecular flexibility index (Phi) is 7.34. The summed E-state index contributed by atoms with van der Waals surface area (Å²) in [5, 5.41) is 8.72. The van der Waals surface area contributed by atoms with Gasteiger partial charge in [-0.3, -0.25) is 4.79 Å². The number of amides is 1. The first-order chi connectivity index (χ1) is 7.08. The summed E-state index contributed by atoms with van der Waals surface area (Å²) in [4.78, 5) is 13.6. The summed E-state index contributed by atoms with van der Waals surface area (Å²) in [5.74, 6) is 0.209. The van der Waals surface area contributed by atoms with Crippen molar-refractivity contribution in [1.82, 2.24) is 4.90 Å². The van der Waals surface area contributed by atoms with E-state index in [1.807, 2.05) is 20.8 Å². The molecule has 0 saturated carbocycles. The molecule has 3 N–H and O–H groups in total. The fourth-order valence-electron chi connectivity index (χ4n) is 1.39. The average Bonchev–Trinajstić information content (AvgIpc) is 2.27. The lowest BCUT2D eigenvalue weighted by Crippen LogP contribution is -2.47. The van der Waals surface area contributed by atoms with E-state index in [4.69, 9.17) is 10.8 Å². The van der Waals surface area contributed by atoms with E-state index in [2.05, 4.69) is 0 Å². The number of nitrogens with two attached hydrogens (primary N) is 1. The molecule has 15 heavy (non-hydrogen) atoms. The summed E-state index contributed by atoms with van der Waals surface area (Å²) in [6.07, 6.45) is 1.53. The first-order valence-corrected chi connectivity index (χ1v) is 5.73. The molecule has 0 aromatic rings. The minimum Gasteiger partial charge on any atom is -0.396 e. The highest BCUT2D eigenvalue weighted by Crippen LogP contribution is 2.08. The van der Waals surface area contributed by atoms with Gasteiger partial charge in [0.2, 0.25) is 5.91 Å². The van der Waals surface area contributed by atoms with Crippen molar-refractivity contribution in [2.24, 2.45) is 11.7 Å². The van der Waals surface area contributed by atoms with Gasteiger partial charge in [-0.05, 0) is 19.3 Å². The van der Waals surface area contributed by atoms with E-state index in [0.717, 1.165) is 6.42 Å². The van der Waals surface area contributed by atoms with Gasteiger partial charge < -0.3 is 15.7 Å². The summed E-state index contributed by atoms with van der Waals surface area (Å²) in [6, 6.07) is -0.409. The Morgan fingerprint density at radius 1 is 1.47 bits per heavy atom. The van der Waals surface area contributed by atoms with E-state index in [1.54, 1.807) is 4.90 Å². The van der Waals surface area contributed by atoms with Crippen LogP contribution in [0.1, 0.15) is 33.6 Å². The molecule has 4 nitrogen and oxygen atoms in total. The zero-order valence-corrected chi connectivity index (χ0v) is 10.1. The van der Waals surface area contributed by atoms with Crippen LogP contribution in [-0.4, -0.2) is 41.7 Å². The van der Waals surface area contributed by atoms with Crippen LogP contribution in [0.5, 0.6) is 0 Å². The van der Waals surface area contributed by atoms with Crippen molar-refractivity contribution in [3.63, 3.8) is 0 Å². The molecule has 0 heterocycles. The van der Waals surface area contributed by atoms with Crippen LogP contribution in [0.2, 0.25) is 0 Å². The van der Waals surface area contributed by atoms with Crippen LogP contribution < -0.4 is 5.73 Å². The third kappa shape index (κ3) is 4.62. The number of aliphatic hydroxyl groups excluding tert-OH is 1. The van der Waals surface area contributed by atoms with E-state index in [9.17, 15) is 4.79 Å². The van der Waals surface area contributed by atoms with Gasteiger partial charge in [0.25, 0.3) is 0 Å². The van der Waals surface area contributed by atoms with Crippen LogP contribution in [0.25, 0.3) is 0 Å². The Morgan fingerprint density at radius 3 is 2.47 bits per heavy atom. The van der Waals surface area contributed by atoms with Crippen molar-refractivity contribution in [1.29, 1.82) is 0 Å². The van der Waals surface area contributed by atoms with Gasteiger partial charge in [0.15, 0.2) is 0 Å². The lowest BCUT2D eigenvalue weighted by atomic mass is 9.99. The zero-order valence-electron chi connectivity index (χ0n) is 10.1. The Balaban J connectivity index is 4.24. The summed E-state index contributed by atoms with van der Waals surface area (Å²) >= 11 is 0. The van der Waals surface area contributed by atoms with E-state index < -0.39 is 6.04 Å². The predicted molar refractivity (Wildman–Crippen MR) is 61.4 cm³/mol. The quantitative estimate of drug-likeness (QED) is 0.654. The second kappa shape index (κ2) is 7.65. The van der Waals surface area contributed by atoms with Crippen LogP contribution in [0.15, 0.2) is 0 Å². The Hall–Kier alpha value is -0.610. The van der Waals surface area contributed by atoms with Crippen LogP contribution in [0.3, 0.4) is 0 Å². The maximum Gasteiger partial charge on any atom is 0.239 e. The van der Waals surface area contributed by atoms with Crippen molar-refractivity contribution in [2.45, 2.75) is 39.7 Å². The third-order valence-corrected chi connectivity index (χ3v) is 2.82. The Morgan fingerprint density at radius 2 is 2.07 bits per heavy atom. The normalized spacial score (nSPS) is 14.7. The number of rotatable bonds is 7. The highest BCUT2D eigenvalue weighted by atomic mass is 16.3. The van der Waals surface area contributed by atoms with Gasteiger partial charge >= 0.3 is 0 Å². The smallest absolute Gasteiger partial charge is 0.239 e. The predicted octanol–water partition coefficient (Wildman–Crippen LogP) is 0.591. The molecule has 0 aromatic carbocycles. The number of likely N-dealkylation sites (N-methyl/N-ethyl adjacent to an activating group) is 1. The second-order valence-electron chi connectivity index (χ2n) is 3.91. The second-order valence-corrected chi connectivity index (χ2v) is 3.91. The molecule has 0 aliphatic rings. The minimum absolute atomic E-state index is 0.000278. The summed E-state index contributed by atoms with van der Waals surface area (Å²) in [6.45, 7) is 7.31. The minimum atomic E-state index is -0.409. The van der Waals surface area contributed by atoms with Gasteiger partial charge in [-0.1, -0.05) is 20.3 Å². The van der Waals surface area contributed by atoms with Crippen LogP contribution >= 0.6 is 0 Å². The molecule has 0 aromatic heterocycles. The molecule has 0 spiro atoms. The van der Waals surface area contributed by atoms with E-state index in [1.165, 1.54) is 0 Å². The van der Waals surface area contributed by atoms with Gasteiger partial charge in [0.1, 0.15) is 0 Å². The number of hydrogen-bond acceptors (Lipinski definition) is 3. The van der Waals surface area contributed by atoms with Crippen LogP contribution in [0, 0.1) is 5.92 Å². The number of hydrogen-bond donors (Lipinski definition) is 2. The SMILES string of the molecule is CC[C@H](C)[C@H](N)C(=O)N(CC)CCCO. The maximum atomic E-state index is 11.9. The number of aliphatic hydroxyl groups is 1. The highest BCUT2D eigenvalue weighted by Gasteiger charge is 2.23. The molecular formula is C11H24N2O2. The molecule has 2 atom stereocenters. The van der Waals surface area contributed by atoms with Gasteiger partial charge in [-0.2, -0.15) is 0 Å². The first-order valence-electron chi connectivity index (χ1n) is 5.73. The van der Waals surface area contributed by atoms with Crippen molar-refractivity contribution >= 4 is 5.91 Å². The molecular weight excluding hydrogens is 192 g/mol. The van der Waals surface area contributed by atoms with Gasteiger partial charge in [0, 0.05) is 19.7 Å². The van der Waals surface area contributed by atoms with Crippen molar-refractivity contribution in [2.75, 3.05) is 19.7 Å². The molecule has 1 amide bonds. The number of carbonyl (C=O) groups excluding carboxylic acids is 1. The van der Waals surface area contributed by atoms with Gasteiger partial charge in [0.05, 0.1) is 6.04 Å². The standard InChI is InChI=1S/C11H24N2O2/c1-4-9(3)10(12)11(15)13(5-2)7-6-8-14/h9-10,14H,4-8,12H2,1-3H3/t9-,10-/m0/s1. The van der Waals surface area contributed by atoms with Crippen LogP contribution in [-0.2, 0) is 4.79 Å². The number of nitrogens with zero attached hydrogens (tertiary/aromatic N) is 1. The molecule has 90 valence electrons. The number of carbonyl (C=O) groups is 1. The molecule has 0 fully saturated rings. The monoisotopic (exact) mass is 216 g/mol. The van der Waals surface area contributed by atoms with Crippen LogP contribution in [0.4, 0.5) is 0 Å². The van der Waals surface area contributed by atoms with E-state index >= 15 is 0 Å². The summed E-state index contributed by atoms with van der Waals surface area (Å²) in [5.41, 5.74) is 5.87. The first kappa shape index (κ1) is 14.4. The fourth-order valence-corrected chi connectivity index (χ4v) is 1.39. The summed E-state index contributed by atoms with van der Waals surface area (Å²) < 4.78 is 0. The fraction of sp³-hybridized carbons (Fsp3) is 0.909. The summed E-state index contributed by atoms with van der Waals surface area (Å²) in [7, 11) is 0. The molecule has 0 aliphatic heterocycles. The maximum absolute atomic E-state index is 11.9. The highest BCUT2D eigenvalue weighted by molar-refractivity contribution is 5.81. The molecule has 0 unspecified atom stereocenters. The van der Waals surface area contributed by atoms with Crippen molar-refractivity contribution in [3.8, 4) is 0 Å². The zero-order chi connectivity index (χ0) is 11.8. The van der Waals surface area contributed by atoms with Gasteiger partial charge in [-0.15, -0.1) is 0 Å². The molecule has 0 rings (SSSR count). The topological polar surface area (TPSA) is 66.6 Å². The van der Waals surface area contributed by atoms with Gasteiger partial charge in [-0.25, -0.2) is 0 Å². The molecule has 0 bridgehead atoms. The van der Waals surface area contributed by atoms with E-state index in [0.29, 0.717) is 19.5 Å². The van der Waals surface area contributed by atoms with Crippen molar-refractivity contribution < 1.29 is 9.90 Å². The lowest BCUT2D eigenvalue weighted by molar-refractivity contribution is -0.133. The average molecular weight is 216 g/mol.